The molecule has 0 amide bonds. The standard InChI is InChI=1S/C13H16ClN5O/c1-10-12(17-20-16-10)9-18-5-7-19(8-6-18)13-11(14)3-2-4-15-13/h2-4H,5-9H2,1H3. The van der Waals surface area contributed by atoms with E-state index in [4.69, 9.17) is 16.2 Å². The second-order valence-corrected chi connectivity index (χ2v) is 5.28. The molecule has 2 aromatic rings. The van der Waals surface area contributed by atoms with Gasteiger partial charge in [-0.1, -0.05) is 21.9 Å². The first-order valence-corrected chi connectivity index (χ1v) is 6.97. The van der Waals surface area contributed by atoms with Gasteiger partial charge in [-0.2, -0.15) is 0 Å². The molecule has 0 spiro atoms. The number of hydrogen-bond donors (Lipinski definition) is 0. The molecule has 3 rings (SSSR count). The van der Waals surface area contributed by atoms with Crippen molar-refractivity contribution < 1.29 is 4.63 Å². The highest BCUT2D eigenvalue weighted by Gasteiger charge is 2.21. The molecule has 106 valence electrons. The summed E-state index contributed by atoms with van der Waals surface area (Å²) in [4.78, 5) is 8.90. The summed E-state index contributed by atoms with van der Waals surface area (Å²) in [5.41, 5.74) is 1.77. The van der Waals surface area contributed by atoms with Gasteiger partial charge in [0.15, 0.2) is 0 Å². The number of aromatic nitrogens is 3. The topological polar surface area (TPSA) is 58.3 Å². The zero-order valence-electron chi connectivity index (χ0n) is 11.3. The Morgan fingerprint density at radius 1 is 1.25 bits per heavy atom. The Hall–Kier alpha value is -1.66. The Morgan fingerprint density at radius 3 is 2.70 bits per heavy atom. The van der Waals surface area contributed by atoms with Crippen molar-refractivity contribution in [2.24, 2.45) is 0 Å². The first-order valence-electron chi connectivity index (χ1n) is 6.60. The maximum atomic E-state index is 6.18. The molecule has 1 aliphatic rings. The van der Waals surface area contributed by atoms with Crippen LogP contribution in [0.2, 0.25) is 5.02 Å². The van der Waals surface area contributed by atoms with Crippen LogP contribution in [0, 0.1) is 6.92 Å². The van der Waals surface area contributed by atoms with E-state index in [-0.39, 0.29) is 0 Å². The Kier molecular flexibility index (Phi) is 3.84. The number of anilines is 1. The number of pyridine rings is 1. The zero-order chi connectivity index (χ0) is 13.9. The molecule has 1 saturated heterocycles. The molecule has 0 aromatic carbocycles. The molecule has 2 aromatic heterocycles. The third-order valence-corrected chi connectivity index (χ3v) is 3.83. The van der Waals surface area contributed by atoms with Crippen molar-refractivity contribution in [1.29, 1.82) is 0 Å². The van der Waals surface area contributed by atoms with Gasteiger partial charge in [-0.05, 0) is 19.1 Å². The van der Waals surface area contributed by atoms with Gasteiger partial charge in [0.05, 0.1) is 5.02 Å². The fourth-order valence-corrected chi connectivity index (χ4v) is 2.57. The van der Waals surface area contributed by atoms with E-state index in [9.17, 15) is 0 Å². The summed E-state index contributed by atoms with van der Waals surface area (Å²) in [5.74, 6) is 0.869. The van der Waals surface area contributed by atoms with Gasteiger partial charge in [0.1, 0.15) is 17.2 Å². The lowest BCUT2D eigenvalue weighted by Gasteiger charge is -2.35. The summed E-state index contributed by atoms with van der Waals surface area (Å²) < 4.78 is 4.73. The molecule has 1 fully saturated rings. The molecule has 0 radical (unpaired) electrons. The van der Waals surface area contributed by atoms with E-state index in [0.717, 1.165) is 49.9 Å². The van der Waals surface area contributed by atoms with Gasteiger partial charge in [0.25, 0.3) is 0 Å². The van der Waals surface area contributed by atoms with E-state index in [1.165, 1.54) is 0 Å². The van der Waals surface area contributed by atoms with Crippen LogP contribution < -0.4 is 4.90 Å². The van der Waals surface area contributed by atoms with Gasteiger partial charge in [0, 0.05) is 38.9 Å². The molecule has 0 N–H and O–H groups in total. The molecule has 7 heteroatoms. The minimum absolute atomic E-state index is 0.706. The Morgan fingerprint density at radius 2 is 2.05 bits per heavy atom. The Balaban J connectivity index is 1.60. The maximum absolute atomic E-state index is 6.18. The smallest absolute Gasteiger partial charge is 0.147 e. The highest BCUT2D eigenvalue weighted by molar-refractivity contribution is 6.32. The van der Waals surface area contributed by atoms with Gasteiger partial charge >= 0.3 is 0 Å². The van der Waals surface area contributed by atoms with Crippen LogP contribution in [0.3, 0.4) is 0 Å². The monoisotopic (exact) mass is 293 g/mol. The normalized spacial score (nSPS) is 16.6. The van der Waals surface area contributed by atoms with Crippen molar-refractivity contribution in [1.82, 2.24) is 20.2 Å². The summed E-state index contributed by atoms with van der Waals surface area (Å²) in [6.07, 6.45) is 1.78. The van der Waals surface area contributed by atoms with Crippen molar-refractivity contribution in [2.45, 2.75) is 13.5 Å². The third-order valence-electron chi connectivity index (χ3n) is 3.53. The summed E-state index contributed by atoms with van der Waals surface area (Å²) in [7, 11) is 0. The highest BCUT2D eigenvalue weighted by atomic mass is 35.5. The molecule has 0 saturated carbocycles. The van der Waals surface area contributed by atoms with Crippen molar-refractivity contribution in [3.63, 3.8) is 0 Å². The van der Waals surface area contributed by atoms with Gasteiger partial charge in [0.2, 0.25) is 0 Å². The lowest BCUT2D eigenvalue weighted by molar-refractivity contribution is 0.237. The molecular formula is C13H16ClN5O. The average molecular weight is 294 g/mol. The van der Waals surface area contributed by atoms with Gasteiger partial charge < -0.3 is 4.90 Å². The number of hydrogen-bond acceptors (Lipinski definition) is 6. The van der Waals surface area contributed by atoms with E-state index < -0.39 is 0 Å². The second-order valence-electron chi connectivity index (χ2n) is 4.87. The van der Waals surface area contributed by atoms with Crippen molar-refractivity contribution in [2.75, 3.05) is 31.1 Å². The fourth-order valence-electron chi connectivity index (χ4n) is 2.33. The fraction of sp³-hybridized carbons (Fsp3) is 0.462. The molecule has 3 heterocycles. The number of nitrogens with zero attached hydrogens (tertiary/aromatic N) is 5. The van der Waals surface area contributed by atoms with Crippen LogP contribution in [-0.2, 0) is 6.54 Å². The summed E-state index contributed by atoms with van der Waals surface area (Å²) in [5, 5.41) is 8.44. The van der Waals surface area contributed by atoms with Crippen LogP contribution in [0.5, 0.6) is 0 Å². The van der Waals surface area contributed by atoms with Crippen LogP contribution in [-0.4, -0.2) is 46.4 Å². The van der Waals surface area contributed by atoms with Crippen LogP contribution in [0.4, 0.5) is 5.82 Å². The van der Waals surface area contributed by atoms with Crippen LogP contribution in [0.1, 0.15) is 11.4 Å². The number of rotatable bonds is 3. The van der Waals surface area contributed by atoms with Crippen LogP contribution in [0.15, 0.2) is 23.0 Å². The minimum Gasteiger partial charge on any atom is -0.353 e. The molecule has 1 aliphatic heterocycles. The Bertz CT molecular complexity index is 580. The number of piperazine rings is 1. The van der Waals surface area contributed by atoms with Gasteiger partial charge in [-0.15, -0.1) is 0 Å². The number of halogens is 1. The molecular weight excluding hydrogens is 278 g/mol. The van der Waals surface area contributed by atoms with E-state index in [2.05, 4.69) is 25.1 Å². The van der Waals surface area contributed by atoms with E-state index in [1.54, 1.807) is 6.20 Å². The minimum atomic E-state index is 0.706. The summed E-state index contributed by atoms with van der Waals surface area (Å²) in [6.45, 7) is 6.38. The lowest BCUT2D eigenvalue weighted by Crippen LogP contribution is -2.46. The van der Waals surface area contributed by atoms with Crippen LogP contribution in [0.25, 0.3) is 0 Å². The molecule has 0 aliphatic carbocycles. The maximum Gasteiger partial charge on any atom is 0.147 e. The SMILES string of the molecule is Cc1nonc1CN1CCN(c2ncccc2Cl)CC1. The van der Waals surface area contributed by atoms with Crippen molar-refractivity contribution >= 4 is 17.4 Å². The molecule has 0 atom stereocenters. The van der Waals surface area contributed by atoms with E-state index in [0.29, 0.717) is 5.02 Å². The predicted octanol–water partition coefficient (Wildman–Crippen LogP) is 1.75. The van der Waals surface area contributed by atoms with Gasteiger partial charge in [-0.25, -0.2) is 9.61 Å². The van der Waals surface area contributed by atoms with E-state index >= 15 is 0 Å². The highest BCUT2D eigenvalue weighted by Crippen LogP contribution is 2.23. The first kappa shape index (κ1) is 13.3. The van der Waals surface area contributed by atoms with Crippen molar-refractivity contribution in [3.8, 4) is 0 Å². The molecule has 6 nitrogen and oxygen atoms in total. The Labute approximate surface area is 122 Å². The third kappa shape index (κ3) is 2.76. The molecule has 0 unspecified atom stereocenters. The summed E-state index contributed by atoms with van der Waals surface area (Å²) >= 11 is 6.18. The van der Waals surface area contributed by atoms with Crippen LogP contribution >= 0.6 is 11.6 Å². The van der Waals surface area contributed by atoms with Crippen molar-refractivity contribution in [3.05, 3.63) is 34.7 Å². The van der Waals surface area contributed by atoms with E-state index in [1.807, 2.05) is 19.1 Å². The molecule has 20 heavy (non-hydrogen) atoms. The zero-order valence-corrected chi connectivity index (χ0v) is 12.0. The predicted molar refractivity (Wildman–Crippen MR) is 75.8 cm³/mol. The largest absolute Gasteiger partial charge is 0.353 e. The molecule has 0 bridgehead atoms. The number of aryl methyl sites for hydroxylation is 1. The summed E-state index contributed by atoms with van der Waals surface area (Å²) in [6, 6.07) is 3.73. The van der Waals surface area contributed by atoms with Gasteiger partial charge in [-0.3, -0.25) is 4.90 Å². The average Bonchev–Trinajstić information content (AvgIpc) is 2.86. The first-order chi connectivity index (χ1) is 9.74. The second kappa shape index (κ2) is 5.76. The quantitative estimate of drug-likeness (QED) is 0.859. The lowest BCUT2D eigenvalue weighted by atomic mass is 10.2.